The molecule has 0 spiro atoms. The second-order valence-electron chi connectivity index (χ2n) is 4.28. The number of nitrogens with one attached hydrogen (secondary N) is 1. The van der Waals surface area contributed by atoms with E-state index in [0.29, 0.717) is 5.69 Å². The van der Waals surface area contributed by atoms with E-state index in [0.717, 1.165) is 17.8 Å². The van der Waals surface area contributed by atoms with Crippen molar-refractivity contribution in [1.82, 2.24) is 14.7 Å². The Bertz CT molecular complexity index is 766. The van der Waals surface area contributed by atoms with E-state index in [4.69, 9.17) is 17.3 Å². The van der Waals surface area contributed by atoms with E-state index in [9.17, 15) is 12.8 Å². The van der Waals surface area contributed by atoms with Gasteiger partial charge in [-0.05, 0) is 19.1 Å². The molecule has 0 aliphatic rings. The maximum Gasteiger partial charge on any atom is 0.242 e. The number of aromatic nitrogens is 2. The normalized spacial score (nSPS) is 11.6. The van der Waals surface area contributed by atoms with E-state index in [2.05, 4.69) is 14.7 Å². The predicted molar refractivity (Wildman–Crippen MR) is 76.6 cm³/mol. The van der Waals surface area contributed by atoms with Crippen molar-refractivity contribution in [2.75, 3.05) is 5.73 Å². The van der Waals surface area contributed by atoms with Crippen LogP contribution >= 0.6 is 11.6 Å². The number of hydrogen-bond donors (Lipinski definition) is 2. The molecule has 1 aromatic heterocycles. The molecule has 0 radical (unpaired) electrons. The van der Waals surface area contributed by atoms with E-state index < -0.39 is 15.8 Å². The largest absolute Gasteiger partial charge is 0.396 e. The van der Waals surface area contributed by atoms with Gasteiger partial charge in [-0.25, -0.2) is 17.5 Å². The van der Waals surface area contributed by atoms with Gasteiger partial charge >= 0.3 is 0 Å². The lowest BCUT2D eigenvalue weighted by atomic mass is 10.3. The number of nitrogens with two attached hydrogens (primary N) is 1. The average molecular weight is 331 g/mol. The van der Waals surface area contributed by atoms with Crippen molar-refractivity contribution in [3.8, 4) is 0 Å². The van der Waals surface area contributed by atoms with Gasteiger partial charge in [-0.1, -0.05) is 11.6 Å². The molecule has 0 saturated carbocycles. The zero-order valence-electron chi connectivity index (χ0n) is 11.0. The highest BCUT2D eigenvalue weighted by molar-refractivity contribution is 7.89. The summed E-state index contributed by atoms with van der Waals surface area (Å²) in [6.45, 7) is 1.70. The Kier molecular flexibility index (Phi) is 4.40. The summed E-state index contributed by atoms with van der Waals surface area (Å²) in [6.07, 6.45) is 2.98. The van der Waals surface area contributed by atoms with Crippen LogP contribution in [0, 0.1) is 12.7 Å². The van der Waals surface area contributed by atoms with Gasteiger partial charge in [0, 0.05) is 6.20 Å². The van der Waals surface area contributed by atoms with Crippen molar-refractivity contribution < 1.29 is 12.8 Å². The first-order valence-electron chi connectivity index (χ1n) is 5.81. The Labute approximate surface area is 126 Å². The van der Waals surface area contributed by atoms with Crippen LogP contribution in [0.3, 0.4) is 0 Å². The van der Waals surface area contributed by atoms with Gasteiger partial charge in [-0.15, -0.1) is 0 Å². The Morgan fingerprint density at radius 2 is 2.05 bits per heavy atom. The van der Waals surface area contributed by atoms with Gasteiger partial charge in [0.15, 0.2) is 0 Å². The molecular formula is C12H12ClFN4O2S. The Morgan fingerprint density at radius 3 is 2.67 bits per heavy atom. The lowest BCUT2D eigenvalue weighted by molar-refractivity contribution is 0.579. The number of halogens is 2. The summed E-state index contributed by atoms with van der Waals surface area (Å²) in [4.78, 5) is 7.74. The first kappa shape index (κ1) is 15.6. The van der Waals surface area contributed by atoms with Crippen LogP contribution in [0.25, 0.3) is 0 Å². The van der Waals surface area contributed by atoms with Crippen LogP contribution in [0.5, 0.6) is 0 Å². The van der Waals surface area contributed by atoms with Crippen molar-refractivity contribution in [3.63, 3.8) is 0 Å². The van der Waals surface area contributed by atoms with Crippen molar-refractivity contribution >= 4 is 27.3 Å². The maximum atomic E-state index is 13.2. The topological polar surface area (TPSA) is 98.0 Å². The average Bonchev–Trinajstić information content (AvgIpc) is 2.42. The van der Waals surface area contributed by atoms with Crippen molar-refractivity contribution in [1.29, 1.82) is 0 Å². The molecule has 112 valence electrons. The number of benzene rings is 1. The summed E-state index contributed by atoms with van der Waals surface area (Å²) in [7, 11) is -3.93. The third-order valence-corrected chi connectivity index (χ3v) is 4.48. The molecule has 0 atom stereocenters. The van der Waals surface area contributed by atoms with Crippen LogP contribution in [-0.2, 0) is 16.6 Å². The van der Waals surface area contributed by atoms with Crippen molar-refractivity contribution in [3.05, 3.63) is 46.8 Å². The van der Waals surface area contributed by atoms with Gasteiger partial charge in [0.25, 0.3) is 0 Å². The summed E-state index contributed by atoms with van der Waals surface area (Å²) < 4.78 is 39.8. The summed E-state index contributed by atoms with van der Waals surface area (Å²) in [5, 5.41) is -0.246. The smallest absolute Gasteiger partial charge is 0.242 e. The second-order valence-corrected chi connectivity index (χ2v) is 6.42. The number of sulfonamides is 1. The fourth-order valence-corrected chi connectivity index (χ4v) is 3.05. The molecule has 1 aromatic carbocycles. The quantitative estimate of drug-likeness (QED) is 0.830. The van der Waals surface area contributed by atoms with E-state index in [1.807, 2.05) is 0 Å². The van der Waals surface area contributed by atoms with Crippen molar-refractivity contribution in [2.45, 2.75) is 18.4 Å². The second kappa shape index (κ2) is 5.92. The van der Waals surface area contributed by atoms with E-state index >= 15 is 0 Å². The molecule has 2 rings (SSSR count). The lowest BCUT2D eigenvalue weighted by Gasteiger charge is -2.09. The van der Waals surface area contributed by atoms with Crippen molar-refractivity contribution in [2.24, 2.45) is 0 Å². The molecule has 0 saturated heterocycles. The molecule has 0 bridgehead atoms. The van der Waals surface area contributed by atoms with Gasteiger partial charge in [0.1, 0.15) is 10.7 Å². The minimum Gasteiger partial charge on any atom is -0.396 e. The molecule has 21 heavy (non-hydrogen) atoms. The number of nitrogens with zero attached hydrogens (tertiary/aromatic N) is 2. The number of nitrogen functional groups attached to an aromatic ring is 1. The summed E-state index contributed by atoms with van der Waals surface area (Å²) in [6, 6.07) is 1.83. The molecule has 2 aromatic rings. The van der Waals surface area contributed by atoms with Crippen LogP contribution < -0.4 is 10.5 Å². The van der Waals surface area contributed by atoms with Crippen LogP contribution in [0.1, 0.15) is 11.4 Å². The third-order valence-electron chi connectivity index (χ3n) is 2.62. The standard InChI is InChI=1S/C12H12ClFN4O2S/c1-7-4-17-8(5-16-7)6-18-21(19,20)12-3-11(15)10(14)2-9(12)13/h2-5,18H,6,15H2,1H3. The highest BCUT2D eigenvalue weighted by Crippen LogP contribution is 2.26. The van der Waals surface area contributed by atoms with Gasteiger partial charge < -0.3 is 5.73 Å². The lowest BCUT2D eigenvalue weighted by Crippen LogP contribution is -2.24. The first-order valence-corrected chi connectivity index (χ1v) is 7.67. The Balaban J connectivity index is 2.22. The molecule has 0 unspecified atom stereocenters. The minimum absolute atomic E-state index is 0.0662. The monoisotopic (exact) mass is 330 g/mol. The Morgan fingerprint density at radius 1 is 1.33 bits per heavy atom. The van der Waals surface area contributed by atoms with E-state index in [1.54, 1.807) is 6.92 Å². The van der Waals surface area contributed by atoms with Crippen LogP contribution in [0.4, 0.5) is 10.1 Å². The predicted octanol–water partition coefficient (Wildman–Crippen LogP) is 1.64. The number of aryl methyl sites for hydroxylation is 1. The highest BCUT2D eigenvalue weighted by Gasteiger charge is 2.20. The van der Waals surface area contributed by atoms with Gasteiger partial charge in [-0.2, -0.15) is 0 Å². The molecule has 1 heterocycles. The fraction of sp³-hybridized carbons (Fsp3) is 0.167. The summed E-state index contributed by atoms with van der Waals surface area (Å²) >= 11 is 5.75. The molecule has 0 aliphatic heterocycles. The zero-order chi connectivity index (χ0) is 15.6. The summed E-state index contributed by atoms with van der Waals surface area (Å²) in [5.74, 6) is -0.775. The first-order chi connectivity index (χ1) is 9.79. The SMILES string of the molecule is Cc1cnc(CNS(=O)(=O)c2cc(N)c(F)cc2Cl)cn1. The number of rotatable bonds is 4. The van der Waals surface area contributed by atoms with E-state index in [-0.39, 0.29) is 22.2 Å². The number of anilines is 1. The minimum atomic E-state index is -3.93. The van der Waals surface area contributed by atoms with Crippen LogP contribution in [0.15, 0.2) is 29.4 Å². The van der Waals surface area contributed by atoms with Crippen LogP contribution in [0.2, 0.25) is 5.02 Å². The van der Waals surface area contributed by atoms with E-state index in [1.165, 1.54) is 12.4 Å². The molecule has 9 heteroatoms. The molecule has 0 amide bonds. The number of hydrogen-bond acceptors (Lipinski definition) is 5. The van der Waals surface area contributed by atoms with Gasteiger partial charge in [0.05, 0.1) is 34.8 Å². The molecule has 6 nitrogen and oxygen atoms in total. The summed E-state index contributed by atoms with van der Waals surface area (Å²) in [5.41, 5.74) is 6.22. The molecule has 3 N–H and O–H groups in total. The fourth-order valence-electron chi connectivity index (χ4n) is 1.51. The third kappa shape index (κ3) is 3.66. The Hall–Kier alpha value is -1.77. The van der Waals surface area contributed by atoms with Gasteiger partial charge in [0.2, 0.25) is 10.0 Å². The molecule has 0 fully saturated rings. The maximum absolute atomic E-state index is 13.2. The van der Waals surface area contributed by atoms with Crippen LogP contribution in [-0.4, -0.2) is 18.4 Å². The highest BCUT2D eigenvalue weighted by atomic mass is 35.5. The van der Waals surface area contributed by atoms with Gasteiger partial charge in [-0.3, -0.25) is 9.97 Å². The molecular weight excluding hydrogens is 319 g/mol. The zero-order valence-corrected chi connectivity index (χ0v) is 12.5. The molecule has 0 aliphatic carbocycles.